The first kappa shape index (κ1) is 12.9. The second-order valence-corrected chi connectivity index (χ2v) is 6.78. The summed E-state index contributed by atoms with van der Waals surface area (Å²) >= 11 is 0. The van der Waals surface area contributed by atoms with Crippen LogP contribution in [0.2, 0.25) is 0 Å². The van der Waals surface area contributed by atoms with Crippen LogP contribution in [0, 0.1) is 11.8 Å². The molecule has 2 nitrogen and oxygen atoms in total. The van der Waals surface area contributed by atoms with Gasteiger partial charge in [-0.3, -0.25) is 0 Å². The molecule has 1 saturated heterocycles. The third-order valence-electron chi connectivity index (χ3n) is 5.60. The van der Waals surface area contributed by atoms with E-state index in [2.05, 4.69) is 48.5 Å². The highest BCUT2D eigenvalue weighted by molar-refractivity contribution is 5.86. The Morgan fingerprint density at radius 1 is 0.909 bits per heavy atom. The van der Waals surface area contributed by atoms with Gasteiger partial charge in [0.25, 0.3) is 0 Å². The van der Waals surface area contributed by atoms with Crippen LogP contribution in [0.4, 0.5) is 0 Å². The van der Waals surface area contributed by atoms with Crippen molar-refractivity contribution in [1.82, 2.24) is 0 Å². The molecule has 2 aromatic rings. The predicted molar refractivity (Wildman–Crippen MR) is 87.4 cm³/mol. The molecule has 6 rings (SSSR count). The molecule has 1 heterocycles. The van der Waals surface area contributed by atoms with Crippen molar-refractivity contribution >= 4 is 16.3 Å². The van der Waals surface area contributed by atoms with Crippen molar-refractivity contribution in [3.05, 3.63) is 54.1 Å². The molecule has 1 aliphatic heterocycles. The van der Waals surface area contributed by atoms with Crippen LogP contribution in [0.25, 0.3) is 16.3 Å². The average molecular weight is 292 g/mol. The lowest BCUT2D eigenvalue weighted by Gasteiger charge is -2.47. The molecular weight excluding hydrogens is 272 g/mol. The fraction of sp³-hybridized carbons (Fsp3) is 0.400. The molecular formula is C20H20O2. The smallest absolute Gasteiger partial charge is 0.175 e. The summed E-state index contributed by atoms with van der Waals surface area (Å²) in [4.78, 5) is 0. The highest BCUT2D eigenvalue weighted by Gasteiger charge is 2.51. The number of benzene rings is 2. The summed E-state index contributed by atoms with van der Waals surface area (Å²) < 4.78 is 12.0. The van der Waals surface area contributed by atoms with Gasteiger partial charge in [0, 0.05) is 12.3 Å². The maximum atomic E-state index is 6.00. The topological polar surface area (TPSA) is 18.5 Å². The van der Waals surface area contributed by atoms with Gasteiger partial charge in [0.1, 0.15) is 0 Å². The Balaban J connectivity index is 1.57. The fourth-order valence-corrected chi connectivity index (χ4v) is 4.53. The van der Waals surface area contributed by atoms with E-state index in [9.17, 15) is 0 Å². The van der Waals surface area contributed by atoms with Crippen molar-refractivity contribution in [3.8, 4) is 0 Å². The van der Waals surface area contributed by atoms with Gasteiger partial charge < -0.3 is 9.47 Å². The van der Waals surface area contributed by atoms with Crippen LogP contribution in [-0.4, -0.2) is 19.0 Å². The van der Waals surface area contributed by atoms with E-state index < -0.39 is 0 Å². The molecule has 22 heavy (non-hydrogen) atoms. The van der Waals surface area contributed by atoms with Crippen molar-refractivity contribution in [1.29, 1.82) is 0 Å². The second kappa shape index (κ2) is 4.68. The van der Waals surface area contributed by atoms with Gasteiger partial charge in [-0.05, 0) is 46.7 Å². The third-order valence-corrected chi connectivity index (χ3v) is 5.60. The zero-order valence-electron chi connectivity index (χ0n) is 12.6. The maximum absolute atomic E-state index is 6.00. The van der Waals surface area contributed by atoms with Gasteiger partial charge in [0.15, 0.2) is 5.79 Å². The molecule has 4 aliphatic rings. The lowest BCUT2D eigenvalue weighted by atomic mass is 9.66. The standard InChI is InChI=1S/C20H20O2/c1-2-4-15-11-16(6-5-14(15)3-1)19-12-18-8-7-17(19)13-20(18)21-9-10-22-20/h1-6,11-12,17-18H,7-10,13H2/t17-,18-/m1/s1. The first-order valence-corrected chi connectivity index (χ1v) is 8.33. The molecule has 2 heteroatoms. The molecule has 0 N–H and O–H groups in total. The van der Waals surface area contributed by atoms with Crippen LogP contribution in [-0.2, 0) is 9.47 Å². The minimum atomic E-state index is -0.302. The van der Waals surface area contributed by atoms with Crippen LogP contribution in [0.1, 0.15) is 24.8 Å². The Bertz CT molecular complexity index is 755. The lowest BCUT2D eigenvalue weighted by Crippen LogP contribution is -2.47. The molecule has 1 saturated carbocycles. The van der Waals surface area contributed by atoms with Crippen LogP contribution in [0.15, 0.2) is 48.5 Å². The average Bonchev–Trinajstić information content (AvgIpc) is 3.03. The number of ether oxygens (including phenoxy) is 2. The minimum Gasteiger partial charge on any atom is -0.347 e. The summed E-state index contributed by atoms with van der Waals surface area (Å²) in [5.74, 6) is 0.689. The predicted octanol–water partition coefficient (Wildman–Crippen LogP) is 4.40. The molecule has 2 fully saturated rings. The number of fused-ring (bicyclic) bond motifs is 2. The molecule has 1 spiro atoms. The molecule has 2 atom stereocenters. The van der Waals surface area contributed by atoms with Gasteiger partial charge in [-0.1, -0.05) is 42.5 Å². The van der Waals surface area contributed by atoms with Gasteiger partial charge in [-0.15, -0.1) is 0 Å². The van der Waals surface area contributed by atoms with Crippen LogP contribution < -0.4 is 0 Å². The number of hydrogen-bond donors (Lipinski definition) is 0. The van der Waals surface area contributed by atoms with Gasteiger partial charge in [-0.2, -0.15) is 0 Å². The van der Waals surface area contributed by atoms with E-state index in [0.717, 1.165) is 19.6 Å². The normalized spacial score (nSPS) is 29.2. The van der Waals surface area contributed by atoms with Crippen LogP contribution in [0.5, 0.6) is 0 Å². The Morgan fingerprint density at radius 2 is 1.73 bits per heavy atom. The summed E-state index contributed by atoms with van der Waals surface area (Å²) in [6, 6.07) is 15.4. The van der Waals surface area contributed by atoms with Gasteiger partial charge in [0.05, 0.1) is 13.2 Å². The van der Waals surface area contributed by atoms with E-state index in [4.69, 9.17) is 9.47 Å². The van der Waals surface area contributed by atoms with E-state index in [-0.39, 0.29) is 5.79 Å². The van der Waals surface area contributed by atoms with E-state index in [1.807, 2.05) is 0 Å². The molecule has 2 aromatic carbocycles. The first-order valence-electron chi connectivity index (χ1n) is 8.33. The lowest BCUT2D eigenvalue weighted by molar-refractivity contribution is -0.210. The highest BCUT2D eigenvalue weighted by Crippen LogP contribution is 2.53. The number of hydrogen-bond acceptors (Lipinski definition) is 2. The Hall–Kier alpha value is -1.64. The van der Waals surface area contributed by atoms with Crippen molar-refractivity contribution in [2.75, 3.05) is 13.2 Å². The van der Waals surface area contributed by atoms with Gasteiger partial charge in [-0.25, -0.2) is 0 Å². The molecule has 0 radical (unpaired) electrons. The van der Waals surface area contributed by atoms with Crippen molar-refractivity contribution in [2.45, 2.75) is 25.0 Å². The Labute approximate surface area is 130 Å². The Morgan fingerprint density at radius 3 is 2.50 bits per heavy atom. The van der Waals surface area contributed by atoms with Crippen molar-refractivity contribution < 1.29 is 9.47 Å². The zero-order valence-corrected chi connectivity index (χ0v) is 12.6. The number of allylic oxidation sites excluding steroid dienone is 1. The maximum Gasteiger partial charge on any atom is 0.175 e. The molecule has 0 unspecified atom stereocenters. The zero-order chi connectivity index (χ0) is 14.6. The quantitative estimate of drug-likeness (QED) is 0.776. The third kappa shape index (κ3) is 1.81. The first-order chi connectivity index (χ1) is 10.8. The van der Waals surface area contributed by atoms with E-state index in [1.54, 1.807) is 0 Å². The monoisotopic (exact) mass is 292 g/mol. The molecule has 0 amide bonds. The minimum absolute atomic E-state index is 0.302. The summed E-state index contributed by atoms with van der Waals surface area (Å²) in [7, 11) is 0. The largest absolute Gasteiger partial charge is 0.347 e. The summed E-state index contributed by atoms with van der Waals surface area (Å²) in [6.07, 6.45) is 5.92. The highest BCUT2D eigenvalue weighted by atomic mass is 16.7. The van der Waals surface area contributed by atoms with E-state index >= 15 is 0 Å². The fourth-order valence-electron chi connectivity index (χ4n) is 4.53. The Kier molecular flexibility index (Phi) is 2.73. The molecule has 112 valence electrons. The second-order valence-electron chi connectivity index (χ2n) is 6.78. The van der Waals surface area contributed by atoms with Crippen LogP contribution >= 0.6 is 0 Å². The van der Waals surface area contributed by atoms with E-state index in [0.29, 0.717) is 11.8 Å². The van der Waals surface area contributed by atoms with Crippen molar-refractivity contribution in [2.24, 2.45) is 11.8 Å². The van der Waals surface area contributed by atoms with Crippen molar-refractivity contribution in [3.63, 3.8) is 0 Å². The molecule has 3 aliphatic carbocycles. The number of rotatable bonds is 1. The van der Waals surface area contributed by atoms with Gasteiger partial charge in [0.2, 0.25) is 0 Å². The van der Waals surface area contributed by atoms with Gasteiger partial charge >= 0.3 is 0 Å². The molecule has 0 aromatic heterocycles. The summed E-state index contributed by atoms with van der Waals surface area (Å²) in [6.45, 7) is 1.50. The summed E-state index contributed by atoms with van der Waals surface area (Å²) in [5, 5.41) is 2.64. The SMILES string of the molecule is C1=C(c2ccc3ccccc3c2)[C@@H]2CC[C@H]1C1(C2)OCCO1. The summed E-state index contributed by atoms with van der Waals surface area (Å²) in [5.41, 5.74) is 2.88. The molecule has 2 bridgehead atoms. The van der Waals surface area contributed by atoms with E-state index in [1.165, 1.54) is 34.8 Å². The van der Waals surface area contributed by atoms with Crippen LogP contribution in [0.3, 0.4) is 0 Å².